The maximum absolute atomic E-state index is 11.0. The largest absolute Gasteiger partial charge is 0.287 e. The van der Waals surface area contributed by atoms with Gasteiger partial charge in [0.25, 0.3) is 0 Å². The molecule has 1 aromatic carbocycles. The molecule has 1 atom stereocenters. The summed E-state index contributed by atoms with van der Waals surface area (Å²) in [7, 11) is 0. The molecule has 0 aliphatic heterocycles. The number of halogens is 1. The molecule has 82 valence electrons. The highest BCUT2D eigenvalue weighted by Gasteiger charge is 1.95. The van der Waals surface area contributed by atoms with Gasteiger partial charge in [0.15, 0.2) is 11.1 Å². The fraction of sp³-hybridized carbons (Fsp3) is 0.273. The van der Waals surface area contributed by atoms with Crippen LogP contribution in [0.4, 0.5) is 0 Å². The van der Waals surface area contributed by atoms with Crippen LogP contribution in [0.2, 0.25) is 0 Å². The van der Waals surface area contributed by atoms with Crippen LogP contribution in [0.5, 0.6) is 0 Å². The first-order valence-electron chi connectivity index (χ1n) is 4.67. The standard InChI is InChI=1S/C11H13ClO2S/c12-8-10-15(13)14-9-4-7-11-5-2-1-3-6-11/h1-3,5-6,8,10H,4,7,9H2/b10-8+. The number of rotatable bonds is 6. The highest BCUT2D eigenvalue weighted by atomic mass is 35.5. The second-order valence-corrected chi connectivity index (χ2v) is 4.21. The van der Waals surface area contributed by atoms with Crippen LogP contribution in [0.3, 0.4) is 0 Å². The van der Waals surface area contributed by atoms with Gasteiger partial charge in [-0.3, -0.25) is 4.18 Å². The lowest BCUT2D eigenvalue weighted by atomic mass is 10.1. The minimum absolute atomic E-state index is 0.475. The van der Waals surface area contributed by atoms with E-state index < -0.39 is 11.1 Å². The molecular formula is C11H13ClO2S. The molecule has 0 aliphatic rings. The van der Waals surface area contributed by atoms with Crippen molar-refractivity contribution < 1.29 is 8.39 Å². The first kappa shape index (κ1) is 12.4. The summed E-state index contributed by atoms with van der Waals surface area (Å²) < 4.78 is 16.0. The predicted octanol–water partition coefficient (Wildman–Crippen LogP) is 3.01. The number of hydrogen-bond donors (Lipinski definition) is 0. The second-order valence-electron chi connectivity index (χ2n) is 2.93. The lowest BCUT2D eigenvalue weighted by Gasteiger charge is -2.00. The van der Waals surface area contributed by atoms with Gasteiger partial charge in [-0.15, -0.1) is 0 Å². The predicted molar refractivity (Wildman–Crippen MR) is 63.9 cm³/mol. The summed E-state index contributed by atoms with van der Waals surface area (Å²) in [5, 5.41) is 1.31. The third kappa shape index (κ3) is 5.72. The van der Waals surface area contributed by atoms with Crippen molar-refractivity contribution in [2.24, 2.45) is 0 Å². The van der Waals surface area contributed by atoms with E-state index in [9.17, 15) is 4.21 Å². The van der Waals surface area contributed by atoms with Gasteiger partial charge in [-0.2, -0.15) is 0 Å². The van der Waals surface area contributed by atoms with Crippen LogP contribution >= 0.6 is 11.6 Å². The minimum Gasteiger partial charge on any atom is -0.287 e. The van der Waals surface area contributed by atoms with Gasteiger partial charge in [0, 0.05) is 10.9 Å². The summed E-state index contributed by atoms with van der Waals surface area (Å²) in [4.78, 5) is 0. The normalized spacial score (nSPS) is 13.1. The topological polar surface area (TPSA) is 26.3 Å². The fourth-order valence-electron chi connectivity index (χ4n) is 1.14. The quantitative estimate of drug-likeness (QED) is 0.719. The Labute approximate surface area is 97.6 Å². The fourth-order valence-corrected chi connectivity index (χ4v) is 1.84. The summed E-state index contributed by atoms with van der Waals surface area (Å²) >= 11 is 3.86. The molecule has 0 radical (unpaired) electrons. The van der Waals surface area contributed by atoms with Crippen molar-refractivity contribution in [2.75, 3.05) is 6.61 Å². The van der Waals surface area contributed by atoms with E-state index in [2.05, 4.69) is 12.1 Å². The Kier molecular flexibility index (Phi) is 6.32. The van der Waals surface area contributed by atoms with Gasteiger partial charge >= 0.3 is 0 Å². The summed E-state index contributed by atoms with van der Waals surface area (Å²) in [6, 6.07) is 10.1. The minimum atomic E-state index is -1.39. The summed E-state index contributed by atoms with van der Waals surface area (Å²) in [5.74, 6) is 0. The second kappa shape index (κ2) is 7.63. The van der Waals surface area contributed by atoms with Gasteiger partial charge in [0.1, 0.15) is 0 Å². The highest BCUT2D eigenvalue weighted by molar-refractivity contribution is 7.83. The number of hydrogen-bond acceptors (Lipinski definition) is 2. The van der Waals surface area contributed by atoms with E-state index in [4.69, 9.17) is 15.8 Å². The average molecular weight is 245 g/mol. The van der Waals surface area contributed by atoms with Crippen LogP contribution in [0.1, 0.15) is 12.0 Å². The van der Waals surface area contributed by atoms with Crippen LogP contribution < -0.4 is 0 Å². The third-order valence-corrected chi connectivity index (χ3v) is 2.85. The van der Waals surface area contributed by atoms with Crippen molar-refractivity contribution in [3.8, 4) is 0 Å². The first-order valence-corrected chi connectivity index (χ1v) is 6.25. The zero-order chi connectivity index (χ0) is 10.9. The SMILES string of the molecule is O=S(/C=C/Cl)OCCCc1ccccc1. The Balaban J connectivity index is 2.15. The van der Waals surface area contributed by atoms with Crippen LogP contribution in [-0.2, 0) is 21.7 Å². The zero-order valence-corrected chi connectivity index (χ0v) is 9.84. The smallest absolute Gasteiger partial charge is 0.182 e. The van der Waals surface area contributed by atoms with Gasteiger partial charge in [-0.05, 0) is 18.4 Å². The highest BCUT2D eigenvalue weighted by Crippen LogP contribution is 2.03. The lowest BCUT2D eigenvalue weighted by Crippen LogP contribution is -1.97. The molecule has 1 rings (SSSR count). The zero-order valence-electron chi connectivity index (χ0n) is 8.27. The van der Waals surface area contributed by atoms with E-state index in [1.54, 1.807) is 0 Å². The molecule has 0 N–H and O–H groups in total. The Morgan fingerprint density at radius 1 is 1.33 bits per heavy atom. The average Bonchev–Trinajstić information content (AvgIpc) is 2.26. The summed E-state index contributed by atoms with van der Waals surface area (Å²) in [6.07, 6.45) is 1.79. The molecule has 0 aromatic heterocycles. The molecule has 0 fully saturated rings. The molecule has 1 unspecified atom stereocenters. The molecule has 0 heterocycles. The molecule has 4 heteroatoms. The molecule has 1 aromatic rings. The van der Waals surface area contributed by atoms with Crippen molar-refractivity contribution in [1.29, 1.82) is 0 Å². The van der Waals surface area contributed by atoms with Crippen LogP contribution in [0, 0.1) is 0 Å². The summed E-state index contributed by atoms with van der Waals surface area (Å²) in [6.45, 7) is 0.475. The van der Waals surface area contributed by atoms with Crippen molar-refractivity contribution in [2.45, 2.75) is 12.8 Å². The molecule has 0 amide bonds. The van der Waals surface area contributed by atoms with Gasteiger partial charge in [0.2, 0.25) is 0 Å². The lowest BCUT2D eigenvalue weighted by molar-refractivity contribution is 0.344. The van der Waals surface area contributed by atoms with Gasteiger partial charge in [-0.1, -0.05) is 41.9 Å². The Morgan fingerprint density at radius 2 is 2.07 bits per heavy atom. The van der Waals surface area contributed by atoms with Crippen molar-refractivity contribution in [3.63, 3.8) is 0 Å². The van der Waals surface area contributed by atoms with Gasteiger partial charge in [0.05, 0.1) is 6.61 Å². The van der Waals surface area contributed by atoms with Crippen molar-refractivity contribution in [1.82, 2.24) is 0 Å². The summed E-state index contributed by atoms with van der Waals surface area (Å²) in [5.41, 5.74) is 2.47. The molecule has 0 aliphatic carbocycles. The van der Waals surface area contributed by atoms with E-state index in [-0.39, 0.29) is 0 Å². The maximum atomic E-state index is 11.0. The molecule has 0 bridgehead atoms. The number of benzene rings is 1. The van der Waals surface area contributed by atoms with Crippen molar-refractivity contribution >= 4 is 22.7 Å². The first-order chi connectivity index (χ1) is 7.33. The van der Waals surface area contributed by atoms with Crippen molar-refractivity contribution in [3.05, 3.63) is 46.8 Å². The molecule has 0 saturated heterocycles. The number of aryl methyl sites for hydroxylation is 1. The van der Waals surface area contributed by atoms with E-state index in [0.29, 0.717) is 6.61 Å². The molecule has 0 saturated carbocycles. The Hall–Kier alpha value is -0.640. The third-order valence-electron chi connectivity index (χ3n) is 1.81. The maximum Gasteiger partial charge on any atom is 0.182 e. The Bertz CT molecular complexity index is 325. The van der Waals surface area contributed by atoms with Crippen LogP contribution in [-0.4, -0.2) is 10.8 Å². The molecule has 2 nitrogen and oxygen atoms in total. The molecule has 0 spiro atoms. The van der Waals surface area contributed by atoms with Gasteiger partial charge < -0.3 is 0 Å². The molecular weight excluding hydrogens is 232 g/mol. The Morgan fingerprint density at radius 3 is 2.73 bits per heavy atom. The van der Waals surface area contributed by atoms with E-state index in [1.807, 2.05) is 18.2 Å². The van der Waals surface area contributed by atoms with E-state index >= 15 is 0 Å². The van der Waals surface area contributed by atoms with Gasteiger partial charge in [-0.25, -0.2) is 4.21 Å². The van der Waals surface area contributed by atoms with Crippen LogP contribution in [0.25, 0.3) is 0 Å². The van der Waals surface area contributed by atoms with E-state index in [1.165, 1.54) is 16.5 Å². The monoisotopic (exact) mass is 244 g/mol. The molecule has 15 heavy (non-hydrogen) atoms. The van der Waals surface area contributed by atoms with E-state index in [0.717, 1.165) is 12.8 Å². The van der Waals surface area contributed by atoms with Crippen LogP contribution in [0.15, 0.2) is 41.3 Å².